The largest absolute Gasteiger partial charge is 0.440 e. The molecular weight excluding hydrogens is 406 g/mol. The van der Waals surface area contributed by atoms with Gasteiger partial charge in [0.25, 0.3) is 5.91 Å². The van der Waals surface area contributed by atoms with Crippen LogP contribution in [-0.2, 0) is 23.7 Å². The van der Waals surface area contributed by atoms with E-state index in [9.17, 15) is 14.7 Å². The number of amides is 2. The van der Waals surface area contributed by atoms with Crippen molar-refractivity contribution < 1.29 is 38.4 Å². The minimum absolute atomic E-state index is 0.140. The third-order valence-electron chi connectivity index (χ3n) is 5.11. The molecule has 2 aliphatic rings. The molecule has 31 heavy (non-hydrogen) atoms. The number of alkyl carbamates (subject to hydrolysis) is 1. The van der Waals surface area contributed by atoms with Crippen molar-refractivity contribution in [2.24, 2.45) is 0 Å². The van der Waals surface area contributed by atoms with Crippen LogP contribution < -0.4 is 5.32 Å². The first-order valence-corrected chi connectivity index (χ1v) is 9.82. The van der Waals surface area contributed by atoms with Crippen LogP contribution in [0, 0.1) is 0 Å². The molecule has 2 aliphatic heterocycles. The number of nitrogens with one attached hydrogen (secondary N) is 1. The number of carbonyl (C=O) groups is 2. The summed E-state index contributed by atoms with van der Waals surface area (Å²) in [5, 5.41) is 12.8. The summed E-state index contributed by atoms with van der Waals surface area (Å²) in [5.41, 5.74) is 1.07. The molecule has 2 aromatic rings. The van der Waals surface area contributed by atoms with E-state index in [2.05, 4.69) is 5.32 Å². The van der Waals surface area contributed by atoms with Gasteiger partial charge in [0.15, 0.2) is 18.7 Å². The van der Waals surface area contributed by atoms with Crippen molar-refractivity contribution in [2.75, 3.05) is 13.7 Å². The van der Waals surface area contributed by atoms with E-state index in [1.54, 1.807) is 30.3 Å². The molecule has 0 bridgehead atoms. The molecule has 9 heteroatoms. The van der Waals surface area contributed by atoms with Crippen LogP contribution in [0.15, 0.2) is 60.7 Å². The Kier molecular flexibility index (Phi) is 6.59. The van der Waals surface area contributed by atoms with Gasteiger partial charge in [-0.15, -0.1) is 0 Å². The van der Waals surface area contributed by atoms with E-state index in [0.29, 0.717) is 5.56 Å². The van der Waals surface area contributed by atoms with Crippen molar-refractivity contribution in [1.29, 1.82) is 0 Å². The summed E-state index contributed by atoms with van der Waals surface area (Å²) in [5.74, 6) is -0.623. The topological polar surface area (TPSA) is 113 Å². The maximum Gasteiger partial charge on any atom is 0.414 e. The molecule has 2 aromatic carbocycles. The minimum atomic E-state index is -1.33. The minimum Gasteiger partial charge on any atom is -0.440 e. The first kappa shape index (κ1) is 21.4. The van der Waals surface area contributed by atoms with Gasteiger partial charge in [-0.1, -0.05) is 48.5 Å². The fourth-order valence-electron chi connectivity index (χ4n) is 3.58. The quantitative estimate of drug-likeness (QED) is 0.756. The summed E-state index contributed by atoms with van der Waals surface area (Å²) in [7, 11) is 1.36. The van der Waals surface area contributed by atoms with Gasteiger partial charge < -0.3 is 28.8 Å². The number of fused-ring (bicyclic) bond motifs is 1. The third-order valence-corrected chi connectivity index (χ3v) is 5.11. The molecule has 2 saturated heterocycles. The Bertz CT molecular complexity index is 893. The molecule has 164 valence electrons. The molecule has 4 rings (SSSR count). The number of benzene rings is 2. The molecule has 0 unspecified atom stereocenters. The number of aliphatic hydroxyl groups is 1. The molecule has 2 amide bonds. The number of imide groups is 1. The van der Waals surface area contributed by atoms with E-state index in [4.69, 9.17) is 23.7 Å². The molecule has 0 aromatic heterocycles. The summed E-state index contributed by atoms with van der Waals surface area (Å²) in [6.07, 6.45) is -6.75. The highest BCUT2D eigenvalue weighted by molar-refractivity contribution is 6.02. The second-order valence-corrected chi connectivity index (χ2v) is 7.14. The van der Waals surface area contributed by atoms with Crippen LogP contribution >= 0.6 is 0 Å². The Balaban J connectivity index is 1.48. The smallest absolute Gasteiger partial charge is 0.414 e. The summed E-state index contributed by atoms with van der Waals surface area (Å²) in [6.45, 7) is 0.140. The number of methoxy groups -OCH3 is 1. The molecule has 2 heterocycles. The Morgan fingerprint density at radius 2 is 1.71 bits per heavy atom. The standard InChI is InChI=1S/C22H23NO8/c1-27-21-16(24)18(31-22(26)23-19(25)13-8-4-2-5-9-13)17-15(29-21)12-28-20(30-17)14-10-6-3-7-11-14/h2-11,15-18,20-21,24H,12H2,1H3,(H,23,25,26)/t15-,16-,17+,18-,20+,21-/m1/s1. The van der Waals surface area contributed by atoms with Crippen LogP contribution in [0.2, 0.25) is 0 Å². The van der Waals surface area contributed by atoms with Gasteiger partial charge in [0, 0.05) is 18.2 Å². The zero-order valence-electron chi connectivity index (χ0n) is 16.7. The highest BCUT2D eigenvalue weighted by atomic mass is 16.8. The predicted octanol–water partition coefficient (Wildman–Crippen LogP) is 1.77. The van der Waals surface area contributed by atoms with E-state index >= 15 is 0 Å². The first-order valence-electron chi connectivity index (χ1n) is 9.82. The monoisotopic (exact) mass is 429 g/mol. The van der Waals surface area contributed by atoms with Gasteiger partial charge in [-0.2, -0.15) is 0 Å². The zero-order chi connectivity index (χ0) is 21.8. The molecule has 0 radical (unpaired) electrons. The van der Waals surface area contributed by atoms with E-state index in [-0.39, 0.29) is 6.61 Å². The Morgan fingerprint density at radius 3 is 2.39 bits per heavy atom. The second-order valence-electron chi connectivity index (χ2n) is 7.14. The van der Waals surface area contributed by atoms with Crippen LogP contribution in [0.1, 0.15) is 22.2 Å². The average Bonchev–Trinajstić information content (AvgIpc) is 2.81. The fourth-order valence-corrected chi connectivity index (χ4v) is 3.58. The van der Waals surface area contributed by atoms with Crippen LogP contribution in [-0.4, -0.2) is 61.5 Å². The maximum atomic E-state index is 12.4. The predicted molar refractivity (Wildman–Crippen MR) is 106 cm³/mol. The Labute approximate surface area is 178 Å². The number of hydrogen-bond acceptors (Lipinski definition) is 8. The normalized spacial score (nSPS) is 30.1. The second kappa shape index (κ2) is 9.54. The van der Waals surface area contributed by atoms with Crippen molar-refractivity contribution in [1.82, 2.24) is 5.32 Å². The van der Waals surface area contributed by atoms with Crippen molar-refractivity contribution >= 4 is 12.0 Å². The highest BCUT2D eigenvalue weighted by Gasteiger charge is 2.51. The number of aliphatic hydroxyl groups excluding tert-OH is 1. The van der Waals surface area contributed by atoms with Gasteiger partial charge in [0.2, 0.25) is 0 Å². The lowest BCUT2D eigenvalue weighted by Gasteiger charge is -2.46. The molecule has 0 aliphatic carbocycles. The summed E-state index contributed by atoms with van der Waals surface area (Å²) in [6, 6.07) is 17.5. The Hall–Kier alpha value is -2.82. The number of ether oxygens (including phenoxy) is 5. The molecule has 9 nitrogen and oxygen atoms in total. The third kappa shape index (κ3) is 4.76. The van der Waals surface area contributed by atoms with Gasteiger partial charge in [-0.3, -0.25) is 10.1 Å². The highest BCUT2D eigenvalue weighted by Crippen LogP contribution is 2.35. The lowest BCUT2D eigenvalue weighted by Crippen LogP contribution is -2.63. The first-order chi connectivity index (χ1) is 15.1. The summed E-state index contributed by atoms with van der Waals surface area (Å²) in [4.78, 5) is 24.7. The van der Waals surface area contributed by atoms with Crippen LogP contribution in [0.4, 0.5) is 4.79 Å². The molecule has 0 saturated carbocycles. The molecule has 6 atom stereocenters. The number of rotatable bonds is 4. The van der Waals surface area contributed by atoms with Gasteiger partial charge in [-0.05, 0) is 12.1 Å². The average molecular weight is 429 g/mol. The van der Waals surface area contributed by atoms with Crippen molar-refractivity contribution in [3.05, 3.63) is 71.8 Å². The SMILES string of the molecule is CO[C@@H]1O[C@@H]2CO[C@H](c3ccccc3)O[C@@H]2[C@H](OC(=O)NC(=O)c2ccccc2)[C@H]1O. The van der Waals surface area contributed by atoms with Crippen LogP contribution in [0.25, 0.3) is 0 Å². The summed E-state index contributed by atoms with van der Waals surface area (Å²) >= 11 is 0. The van der Waals surface area contributed by atoms with Gasteiger partial charge >= 0.3 is 6.09 Å². The van der Waals surface area contributed by atoms with Crippen LogP contribution in [0.5, 0.6) is 0 Å². The van der Waals surface area contributed by atoms with E-state index < -0.39 is 49.0 Å². The molecule has 2 N–H and O–H groups in total. The molecule has 2 fully saturated rings. The zero-order valence-corrected chi connectivity index (χ0v) is 16.7. The van der Waals surface area contributed by atoms with Crippen molar-refractivity contribution in [2.45, 2.75) is 37.0 Å². The summed E-state index contributed by atoms with van der Waals surface area (Å²) < 4.78 is 28.0. The molecule has 0 spiro atoms. The lowest BCUT2D eigenvalue weighted by atomic mass is 9.97. The van der Waals surface area contributed by atoms with Crippen molar-refractivity contribution in [3.8, 4) is 0 Å². The van der Waals surface area contributed by atoms with E-state index in [0.717, 1.165) is 5.56 Å². The van der Waals surface area contributed by atoms with E-state index in [1.165, 1.54) is 7.11 Å². The number of carbonyl (C=O) groups excluding carboxylic acids is 2. The van der Waals surface area contributed by atoms with Gasteiger partial charge in [0.1, 0.15) is 18.3 Å². The lowest BCUT2D eigenvalue weighted by molar-refractivity contribution is -0.357. The van der Waals surface area contributed by atoms with Gasteiger partial charge in [-0.25, -0.2) is 4.79 Å². The Morgan fingerprint density at radius 1 is 1.03 bits per heavy atom. The van der Waals surface area contributed by atoms with Crippen LogP contribution in [0.3, 0.4) is 0 Å². The maximum absolute atomic E-state index is 12.4. The molecular formula is C22H23NO8. The van der Waals surface area contributed by atoms with E-state index in [1.807, 2.05) is 30.3 Å². The van der Waals surface area contributed by atoms with Gasteiger partial charge in [0.05, 0.1) is 6.61 Å². The number of hydrogen-bond donors (Lipinski definition) is 2. The van der Waals surface area contributed by atoms with Crippen molar-refractivity contribution in [3.63, 3.8) is 0 Å². The fraction of sp³-hybridized carbons (Fsp3) is 0.364.